The van der Waals surface area contributed by atoms with Crippen molar-refractivity contribution in [3.05, 3.63) is 58.1 Å². The lowest BCUT2D eigenvalue weighted by Crippen LogP contribution is -2.07. The smallest absolute Gasteiger partial charge is 0.335 e. The molecule has 6 heteroatoms. The Balaban J connectivity index is 2.44. The van der Waals surface area contributed by atoms with Crippen LogP contribution in [0.3, 0.4) is 0 Å². The maximum absolute atomic E-state index is 10.9. The van der Waals surface area contributed by atoms with Crippen LogP contribution in [-0.4, -0.2) is 24.3 Å². The van der Waals surface area contributed by atoms with Crippen LogP contribution in [0, 0.1) is 11.3 Å². The predicted molar refractivity (Wildman–Crippen MR) is 101 cm³/mol. The minimum absolute atomic E-state index is 0.0646. The summed E-state index contributed by atoms with van der Waals surface area (Å²) < 4.78 is 11.0. The Bertz CT molecular complexity index is 880. The van der Waals surface area contributed by atoms with Gasteiger partial charge in [-0.15, -0.1) is 0 Å². The lowest BCUT2D eigenvalue weighted by Gasteiger charge is -2.15. The third-order valence-electron chi connectivity index (χ3n) is 3.48. The van der Waals surface area contributed by atoms with Crippen LogP contribution < -0.4 is 9.47 Å². The number of allylic oxidation sites excluding steroid dienone is 1. The van der Waals surface area contributed by atoms with Gasteiger partial charge in [0.1, 0.15) is 0 Å². The first-order chi connectivity index (χ1) is 12.3. The van der Waals surface area contributed by atoms with E-state index in [0.29, 0.717) is 33.2 Å². The SMILES string of the molecule is COc1cc(/C=C(\C#N)c2ccc(C(=O)O)cc2)cc(Cl)c1OC(C)C. The highest BCUT2D eigenvalue weighted by Crippen LogP contribution is 2.38. The minimum Gasteiger partial charge on any atom is -0.493 e. The van der Waals surface area contributed by atoms with Gasteiger partial charge in [-0.2, -0.15) is 5.26 Å². The van der Waals surface area contributed by atoms with E-state index in [1.807, 2.05) is 13.8 Å². The van der Waals surface area contributed by atoms with E-state index in [1.54, 1.807) is 30.3 Å². The Kier molecular flexibility index (Phi) is 6.26. The number of benzene rings is 2. The van der Waals surface area contributed by atoms with E-state index in [4.69, 9.17) is 26.2 Å². The third-order valence-corrected chi connectivity index (χ3v) is 3.76. The van der Waals surface area contributed by atoms with Gasteiger partial charge < -0.3 is 14.6 Å². The number of nitriles is 1. The molecule has 26 heavy (non-hydrogen) atoms. The molecule has 0 unspecified atom stereocenters. The van der Waals surface area contributed by atoms with Crippen LogP contribution >= 0.6 is 11.6 Å². The highest BCUT2D eigenvalue weighted by Gasteiger charge is 2.13. The van der Waals surface area contributed by atoms with Crippen molar-refractivity contribution in [2.45, 2.75) is 20.0 Å². The highest BCUT2D eigenvalue weighted by molar-refractivity contribution is 6.32. The van der Waals surface area contributed by atoms with Gasteiger partial charge in [0.2, 0.25) is 0 Å². The van der Waals surface area contributed by atoms with E-state index >= 15 is 0 Å². The first-order valence-electron chi connectivity index (χ1n) is 7.85. The zero-order valence-electron chi connectivity index (χ0n) is 14.6. The molecule has 0 aliphatic heterocycles. The van der Waals surface area contributed by atoms with Crippen LogP contribution in [0.25, 0.3) is 11.6 Å². The van der Waals surface area contributed by atoms with Crippen molar-refractivity contribution in [3.8, 4) is 17.6 Å². The molecule has 0 heterocycles. The van der Waals surface area contributed by atoms with E-state index < -0.39 is 5.97 Å². The molecule has 5 nitrogen and oxygen atoms in total. The molecule has 1 N–H and O–H groups in total. The standard InChI is InChI=1S/C20H18ClNO4/c1-12(2)26-19-17(21)9-13(10-18(19)25-3)8-16(11-22)14-4-6-15(7-5-14)20(23)24/h4-10,12H,1-3H3,(H,23,24)/b16-8+. The topological polar surface area (TPSA) is 79.5 Å². The minimum atomic E-state index is -1.02. The second-order valence-corrected chi connectivity index (χ2v) is 6.16. The quantitative estimate of drug-likeness (QED) is 0.577. The summed E-state index contributed by atoms with van der Waals surface area (Å²) in [7, 11) is 1.52. The monoisotopic (exact) mass is 371 g/mol. The van der Waals surface area contributed by atoms with Crippen molar-refractivity contribution in [3.63, 3.8) is 0 Å². The van der Waals surface area contributed by atoms with Gasteiger partial charge in [-0.3, -0.25) is 0 Å². The van der Waals surface area contributed by atoms with E-state index in [-0.39, 0.29) is 11.7 Å². The number of carbonyl (C=O) groups is 1. The van der Waals surface area contributed by atoms with Crippen molar-refractivity contribution in [2.75, 3.05) is 7.11 Å². The normalized spacial score (nSPS) is 11.2. The lowest BCUT2D eigenvalue weighted by molar-refractivity contribution is 0.0697. The predicted octanol–water partition coefficient (Wildman–Crippen LogP) is 4.90. The van der Waals surface area contributed by atoms with Gasteiger partial charge in [-0.25, -0.2) is 4.79 Å². The number of nitrogens with zero attached hydrogens (tertiary/aromatic N) is 1. The van der Waals surface area contributed by atoms with Crippen LogP contribution in [0.15, 0.2) is 36.4 Å². The molecule has 0 bridgehead atoms. The summed E-state index contributed by atoms with van der Waals surface area (Å²) in [6, 6.07) is 11.6. The summed E-state index contributed by atoms with van der Waals surface area (Å²) in [5.74, 6) is -0.0992. The molecule has 0 spiro atoms. The van der Waals surface area contributed by atoms with Crippen LogP contribution in [0.4, 0.5) is 0 Å². The third kappa shape index (κ3) is 4.56. The van der Waals surface area contributed by atoms with Gasteiger partial charge in [0.05, 0.1) is 35.4 Å². The summed E-state index contributed by atoms with van der Waals surface area (Å²) in [4.78, 5) is 10.9. The summed E-state index contributed by atoms with van der Waals surface area (Å²) in [5, 5.41) is 18.8. The van der Waals surface area contributed by atoms with Gasteiger partial charge in [0, 0.05) is 0 Å². The molecule has 2 aromatic rings. The second kappa shape index (κ2) is 8.41. The average Bonchev–Trinajstić information content (AvgIpc) is 2.61. The zero-order valence-corrected chi connectivity index (χ0v) is 15.4. The Morgan fingerprint density at radius 2 is 1.85 bits per heavy atom. The lowest BCUT2D eigenvalue weighted by atomic mass is 10.0. The zero-order chi connectivity index (χ0) is 19.3. The Labute approximate surface area is 157 Å². The molecule has 0 fully saturated rings. The number of carboxylic acid groups (broad SMARTS) is 1. The van der Waals surface area contributed by atoms with Gasteiger partial charge in [-0.05, 0) is 55.3 Å². The van der Waals surface area contributed by atoms with Crippen molar-refractivity contribution in [1.29, 1.82) is 5.26 Å². The maximum Gasteiger partial charge on any atom is 0.335 e. The Morgan fingerprint density at radius 3 is 2.35 bits per heavy atom. The van der Waals surface area contributed by atoms with Gasteiger partial charge in [0.15, 0.2) is 11.5 Å². The van der Waals surface area contributed by atoms with Crippen molar-refractivity contribution in [2.24, 2.45) is 0 Å². The highest BCUT2D eigenvalue weighted by atomic mass is 35.5. The van der Waals surface area contributed by atoms with E-state index in [9.17, 15) is 10.1 Å². The van der Waals surface area contributed by atoms with Gasteiger partial charge in [-0.1, -0.05) is 23.7 Å². The second-order valence-electron chi connectivity index (χ2n) is 5.75. The average molecular weight is 372 g/mol. The van der Waals surface area contributed by atoms with Crippen molar-refractivity contribution < 1.29 is 19.4 Å². The summed E-state index contributed by atoms with van der Waals surface area (Å²) in [6.45, 7) is 3.77. The Morgan fingerprint density at radius 1 is 1.23 bits per heavy atom. The number of halogens is 1. The molecule has 2 rings (SSSR count). The number of carboxylic acids is 1. The van der Waals surface area contributed by atoms with Crippen LogP contribution in [-0.2, 0) is 0 Å². The van der Waals surface area contributed by atoms with E-state index in [0.717, 1.165) is 0 Å². The molecule has 0 saturated carbocycles. The molecule has 0 amide bonds. The number of methoxy groups -OCH3 is 1. The molecule has 0 aliphatic carbocycles. The van der Waals surface area contributed by atoms with Crippen LogP contribution in [0.5, 0.6) is 11.5 Å². The molecular formula is C20H18ClNO4. The van der Waals surface area contributed by atoms with Crippen molar-refractivity contribution >= 4 is 29.2 Å². The molecule has 0 aliphatic rings. The molecule has 0 saturated heterocycles. The maximum atomic E-state index is 10.9. The molecule has 134 valence electrons. The summed E-state index contributed by atoms with van der Waals surface area (Å²) >= 11 is 6.30. The molecule has 0 atom stereocenters. The summed E-state index contributed by atoms with van der Waals surface area (Å²) in [6.07, 6.45) is 1.59. The first kappa shape index (κ1) is 19.4. The summed E-state index contributed by atoms with van der Waals surface area (Å²) in [5.41, 5.74) is 1.81. The van der Waals surface area contributed by atoms with Crippen LogP contribution in [0.1, 0.15) is 35.3 Å². The first-order valence-corrected chi connectivity index (χ1v) is 8.23. The fourth-order valence-corrected chi connectivity index (χ4v) is 2.58. The fourth-order valence-electron chi connectivity index (χ4n) is 2.31. The van der Waals surface area contributed by atoms with E-state index in [2.05, 4.69) is 6.07 Å². The molecule has 2 aromatic carbocycles. The number of rotatable bonds is 6. The van der Waals surface area contributed by atoms with Gasteiger partial charge >= 0.3 is 5.97 Å². The number of ether oxygens (including phenoxy) is 2. The number of aromatic carboxylic acids is 1. The Hall–Kier alpha value is -2.97. The fraction of sp³-hybridized carbons (Fsp3) is 0.200. The van der Waals surface area contributed by atoms with E-state index in [1.165, 1.54) is 19.2 Å². The van der Waals surface area contributed by atoms with Gasteiger partial charge in [0.25, 0.3) is 0 Å². The van der Waals surface area contributed by atoms with Crippen molar-refractivity contribution in [1.82, 2.24) is 0 Å². The molecule has 0 aromatic heterocycles. The molecule has 0 radical (unpaired) electrons. The molecular weight excluding hydrogens is 354 g/mol. The largest absolute Gasteiger partial charge is 0.493 e. The number of hydrogen-bond donors (Lipinski definition) is 1. The van der Waals surface area contributed by atoms with Crippen LogP contribution in [0.2, 0.25) is 5.02 Å². The number of hydrogen-bond acceptors (Lipinski definition) is 4.